The van der Waals surface area contributed by atoms with E-state index < -0.39 is 5.82 Å². The Morgan fingerprint density at radius 2 is 1.87 bits per heavy atom. The number of nitrogens with zero attached hydrogens (tertiary/aromatic N) is 3. The van der Waals surface area contributed by atoms with E-state index in [4.69, 9.17) is 21.1 Å². The number of carbonyl (C=O) groups is 2. The van der Waals surface area contributed by atoms with Gasteiger partial charge in [0.1, 0.15) is 17.3 Å². The molecule has 1 fully saturated rings. The highest BCUT2D eigenvalue weighted by Crippen LogP contribution is 2.33. The second-order valence-corrected chi connectivity index (χ2v) is 10.9. The fourth-order valence-electron chi connectivity index (χ4n) is 4.83. The zero-order chi connectivity index (χ0) is 27.5. The van der Waals surface area contributed by atoms with Gasteiger partial charge in [-0.2, -0.15) is 0 Å². The fraction of sp³-hybridized carbons (Fsp3) is 0.310. The molecule has 0 saturated carbocycles. The summed E-state index contributed by atoms with van der Waals surface area (Å²) in [7, 11) is 1.74. The minimum absolute atomic E-state index is 0.00752. The van der Waals surface area contributed by atoms with Gasteiger partial charge in [-0.15, -0.1) is 0 Å². The average molecular weight is 617 g/mol. The van der Waals surface area contributed by atoms with Gasteiger partial charge in [0.2, 0.25) is 0 Å². The smallest absolute Gasteiger partial charge is 0.324 e. The average Bonchev–Trinajstić information content (AvgIpc) is 2.95. The van der Waals surface area contributed by atoms with E-state index in [1.807, 2.05) is 29.2 Å². The SMILES string of the molecule is CN(Cc1ccc(Br)cc1Oc1ccc(F)c(Cl)c1)C(=O)N1CCCc2cc(C(=O)N3CCOCC3)ccc21. The second-order valence-electron chi connectivity index (χ2n) is 9.57. The number of carbonyl (C=O) groups excluding carboxylic acids is 2. The van der Waals surface area contributed by atoms with E-state index in [-0.39, 0.29) is 23.5 Å². The van der Waals surface area contributed by atoms with Gasteiger partial charge in [-0.25, -0.2) is 9.18 Å². The minimum atomic E-state index is -0.525. The van der Waals surface area contributed by atoms with E-state index >= 15 is 0 Å². The first kappa shape index (κ1) is 27.4. The van der Waals surface area contributed by atoms with Crippen LogP contribution in [0.5, 0.6) is 11.5 Å². The fourth-order valence-corrected chi connectivity index (χ4v) is 5.34. The molecule has 204 valence electrons. The Labute approximate surface area is 240 Å². The number of ether oxygens (including phenoxy) is 2. The zero-order valence-corrected chi connectivity index (χ0v) is 23.8. The Morgan fingerprint density at radius 3 is 2.64 bits per heavy atom. The molecule has 5 rings (SSSR count). The summed E-state index contributed by atoms with van der Waals surface area (Å²) in [4.78, 5) is 31.8. The number of amides is 3. The van der Waals surface area contributed by atoms with Gasteiger partial charge in [-0.05, 0) is 60.9 Å². The third-order valence-corrected chi connectivity index (χ3v) is 7.64. The maximum absolute atomic E-state index is 13.6. The van der Waals surface area contributed by atoms with Crippen molar-refractivity contribution in [2.75, 3.05) is 44.8 Å². The van der Waals surface area contributed by atoms with Crippen LogP contribution in [-0.2, 0) is 17.7 Å². The maximum Gasteiger partial charge on any atom is 0.324 e. The molecule has 0 spiro atoms. The number of hydrogen-bond donors (Lipinski definition) is 0. The summed E-state index contributed by atoms with van der Waals surface area (Å²) in [6, 6.07) is 15.2. The second kappa shape index (κ2) is 11.9. The molecule has 3 amide bonds. The number of urea groups is 1. The number of benzene rings is 3. The van der Waals surface area contributed by atoms with Gasteiger partial charge < -0.3 is 19.3 Å². The van der Waals surface area contributed by atoms with Crippen molar-refractivity contribution in [3.63, 3.8) is 0 Å². The van der Waals surface area contributed by atoms with Gasteiger partial charge in [-0.3, -0.25) is 9.69 Å². The topological polar surface area (TPSA) is 62.3 Å². The van der Waals surface area contributed by atoms with E-state index in [0.29, 0.717) is 49.9 Å². The predicted molar refractivity (Wildman–Crippen MR) is 151 cm³/mol. The summed E-state index contributed by atoms with van der Waals surface area (Å²) in [5, 5.41) is -0.0325. The van der Waals surface area contributed by atoms with Crippen LogP contribution in [0.2, 0.25) is 5.02 Å². The summed E-state index contributed by atoms with van der Waals surface area (Å²) in [5.74, 6) is 0.384. The van der Waals surface area contributed by atoms with Crippen molar-refractivity contribution in [3.8, 4) is 11.5 Å². The molecule has 1 saturated heterocycles. The third-order valence-electron chi connectivity index (χ3n) is 6.86. The van der Waals surface area contributed by atoms with Crippen LogP contribution < -0.4 is 9.64 Å². The van der Waals surface area contributed by atoms with Crippen molar-refractivity contribution < 1.29 is 23.5 Å². The van der Waals surface area contributed by atoms with Crippen LogP contribution in [-0.4, -0.2) is 61.6 Å². The summed E-state index contributed by atoms with van der Waals surface area (Å²) >= 11 is 9.39. The van der Waals surface area contributed by atoms with Crippen molar-refractivity contribution >= 4 is 45.2 Å². The first-order valence-corrected chi connectivity index (χ1v) is 13.9. The highest BCUT2D eigenvalue weighted by atomic mass is 79.9. The van der Waals surface area contributed by atoms with Crippen molar-refractivity contribution in [2.45, 2.75) is 19.4 Å². The standard InChI is InChI=1S/C29H28BrClFN3O4/c1-33(18-21-4-6-22(30)16-27(21)39-23-7-8-25(32)24(31)17-23)29(37)35-10-2-3-19-15-20(5-9-26(19)35)28(36)34-11-13-38-14-12-34/h4-9,15-17H,2-3,10-14,18H2,1H3. The largest absolute Gasteiger partial charge is 0.457 e. The molecule has 10 heteroatoms. The van der Waals surface area contributed by atoms with E-state index in [9.17, 15) is 14.0 Å². The van der Waals surface area contributed by atoms with E-state index in [1.165, 1.54) is 18.2 Å². The van der Waals surface area contributed by atoms with Gasteiger partial charge in [-0.1, -0.05) is 33.6 Å². The Balaban J connectivity index is 1.32. The monoisotopic (exact) mass is 615 g/mol. The van der Waals surface area contributed by atoms with Crippen LogP contribution in [0, 0.1) is 5.82 Å². The van der Waals surface area contributed by atoms with Gasteiger partial charge in [0, 0.05) is 54.0 Å². The van der Waals surface area contributed by atoms with Crippen molar-refractivity contribution in [2.24, 2.45) is 0 Å². The number of anilines is 1. The molecule has 0 bridgehead atoms. The van der Waals surface area contributed by atoms with Gasteiger partial charge in [0.05, 0.1) is 24.8 Å². The first-order chi connectivity index (χ1) is 18.8. The molecule has 0 radical (unpaired) electrons. The molecule has 3 aromatic carbocycles. The lowest BCUT2D eigenvalue weighted by atomic mass is 9.98. The molecule has 0 aromatic heterocycles. The molecular weight excluding hydrogens is 589 g/mol. The Hall–Kier alpha value is -3.14. The van der Waals surface area contributed by atoms with Crippen molar-refractivity contribution in [3.05, 3.63) is 86.6 Å². The highest BCUT2D eigenvalue weighted by Gasteiger charge is 2.27. The van der Waals surface area contributed by atoms with Gasteiger partial charge in [0.15, 0.2) is 0 Å². The van der Waals surface area contributed by atoms with Crippen LogP contribution >= 0.6 is 27.5 Å². The lowest BCUT2D eigenvalue weighted by molar-refractivity contribution is 0.0303. The Morgan fingerprint density at radius 1 is 1.08 bits per heavy atom. The summed E-state index contributed by atoms with van der Waals surface area (Å²) in [5.41, 5.74) is 3.22. The number of morpholine rings is 1. The molecule has 0 atom stereocenters. The minimum Gasteiger partial charge on any atom is -0.457 e. The molecule has 0 aliphatic carbocycles. The predicted octanol–water partition coefficient (Wildman–Crippen LogP) is 6.51. The number of aryl methyl sites for hydroxylation is 1. The zero-order valence-electron chi connectivity index (χ0n) is 21.5. The molecular formula is C29H28BrClFN3O4. The van der Waals surface area contributed by atoms with Crippen LogP contribution in [0.25, 0.3) is 0 Å². The van der Waals surface area contributed by atoms with E-state index in [0.717, 1.165) is 34.1 Å². The molecule has 0 N–H and O–H groups in total. The number of hydrogen-bond acceptors (Lipinski definition) is 4. The first-order valence-electron chi connectivity index (χ1n) is 12.7. The molecule has 3 aromatic rings. The van der Waals surface area contributed by atoms with Crippen LogP contribution in [0.3, 0.4) is 0 Å². The molecule has 2 aliphatic heterocycles. The van der Waals surface area contributed by atoms with E-state index in [2.05, 4.69) is 15.9 Å². The van der Waals surface area contributed by atoms with Crippen molar-refractivity contribution in [1.82, 2.24) is 9.80 Å². The van der Waals surface area contributed by atoms with Crippen LogP contribution in [0.15, 0.2) is 59.1 Å². The third kappa shape index (κ3) is 6.21. The van der Waals surface area contributed by atoms with Crippen LogP contribution in [0.4, 0.5) is 14.9 Å². The summed E-state index contributed by atoms with van der Waals surface area (Å²) in [6.45, 7) is 3.14. The van der Waals surface area contributed by atoms with Crippen LogP contribution in [0.1, 0.15) is 27.9 Å². The van der Waals surface area contributed by atoms with Gasteiger partial charge >= 0.3 is 6.03 Å². The number of rotatable bonds is 5. The Kier molecular flexibility index (Phi) is 8.40. The van der Waals surface area contributed by atoms with E-state index in [1.54, 1.807) is 29.0 Å². The normalized spacial score (nSPS) is 15.1. The van der Waals surface area contributed by atoms with Crippen molar-refractivity contribution in [1.29, 1.82) is 0 Å². The lowest BCUT2D eigenvalue weighted by Crippen LogP contribution is -2.43. The maximum atomic E-state index is 13.6. The quantitative estimate of drug-likeness (QED) is 0.328. The molecule has 7 nitrogen and oxygen atoms in total. The summed E-state index contributed by atoms with van der Waals surface area (Å²) in [6.07, 6.45) is 1.61. The molecule has 2 aliphatic rings. The molecule has 2 heterocycles. The van der Waals surface area contributed by atoms with Gasteiger partial charge in [0.25, 0.3) is 5.91 Å². The summed E-state index contributed by atoms with van der Waals surface area (Å²) < 4.78 is 25.8. The Bertz CT molecular complexity index is 1400. The molecule has 0 unspecified atom stereocenters. The number of halogens is 3. The highest BCUT2D eigenvalue weighted by molar-refractivity contribution is 9.10. The lowest BCUT2D eigenvalue weighted by Gasteiger charge is -2.33. The number of fused-ring (bicyclic) bond motifs is 1. The molecule has 39 heavy (non-hydrogen) atoms.